The molecule has 1 aliphatic carbocycles. The molecule has 0 amide bonds. The summed E-state index contributed by atoms with van der Waals surface area (Å²) in [5.74, 6) is 0.757. The Bertz CT molecular complexity index is 325. The summed E-state index contributed by atoms with van der Waals surface area (Å²) >= 11 is 0. The summed E-state index contributed by atoms with van der Waals surface area (Å²) in [6.45, 7) is 2.07. The van der Waals surface area contributed by atoms with E-state index in [-0.39, 0.29) is 0 Å². The highest BCUT2D eigenvalue weighted by molar-refractivity contribution is 5.14. The molecule has 2 nitrogen and oxygen atoms in total. The van der Waals surface area contributed by atoms with Gasteiger partial charge in [0.05, 0.1) is 6.10 Å². The molecule has 1 aromatic rings. The van der Waals surface area contributed by atoms with Gasteiger partial charge in [0.1, 0.15) is 0 Å². The van der Waals surface area contributed by atoms with Crippen molar-refractivity contribution in [2.45, 2.75) is 44.8 Å². The first-order valence-corrected chi connectivity index (χ1v) is 7.17. The highest BCUT2D eigenvalue weighted by atomic mass is 16.5. The smallest absolute Gasteiger partial charge is 0.0600 e. The van der Waals surface area contributed by atoms with Gasteiger partial charge in [0.25, 0.3) is 0 Å². The van der Waals surface area contributed by atoms with Crippen LogP contribution in [-0.4, -0.2) is 19.8 Å². The first-order chi connectivity index (χ1) is 8.90. The Hall–Kier alpha value is -0.860. The van der Waals surface area contributed by atoms with Gasteiger partial charge in [0.2, 0.25) is 0 Å². The van der Waals surface area contributed by atoms with Crippen LogP contribution in [0.2, 0.25) is 0 Å². The van der Waals surface area contributed by atoms with Crippen molar-refractivity contribution in [1.82, 2.24) is 5.32 Å². The molecule has 2 atom stereocenters. The summed E-state index contributed by atoms with van der Waals surface area (Å²) in [6, 6.07) is 10.6. The normalized spacial score (nSPS) is 24.1. The second kappa shape index (κ2) is 7.55. The summed E-state index contributed by atoms with van der Waals surface area (Å²) in [5.41, 5.74) is 1.37. The second-order valence-electron chi connectivity index (χ2n) is 5.27. The molecule has 2 heteroatoms. The van der Waals surface area contributed by atoms with E-state index in [1.54, 1.807) is 0 Å². The largest absolute Gasteiger partial charge is 0.381 e. The maximum absolute atomic E-state index is 5.59. The van der Waals surface area contributed by atoms with Crippen molar-refractivity contribution in [2.75, 3.05) is 13.7 Å². The molecule has 0 bridgehead atoms. The van der Waals surface area contributed by atoms with Crippen molar-refractivity contribution in [1.29, 1.82) is 0 Å². The summed E-state index contributed by atoms with van der Waals surface area (Å²) in [4.78, 5) is 0. The Morgan fingerprint density at radius 2 is 1.94 bits per heavy atom. The van der Waals surface area contributed by atoms with Crippen LogP contribution in [0, 0.1) is 5.92 Å². The van der Waals surface area contributed by atoms with Gasteiger partial charge in [-0.1, -0.05) is 43.2 Å². The maximum Gasteiger partial charge on any atom is 0.0600 e. The van der Waals surface area contributed by atoms with Gasteiger partial charge in [-0.2, -0.15) is 0 Å². The van der Waals surface area contributed by atoms with Crippen LogP contribution in [0.1, 0.15) is 37.7 Å². The topological polar surface area (TPSA) is 21.3 Å². The Morgan fingerprint density at radius 1 is 1.17 bits per heavy atom. The van der Waals surface area contributed by atoms with E-state index in [0.29, 0.717) is 6.10 Å². The fraction of sp³-hybridized carbons (Fsp3) is 0.625. The number of hydrogen-bond acceptors (Lipinski definition) is 2. The molecule has 1 N–H and O–H groups in total. The molecule has 0 radical (unpaired) electrons. The first-order valence-electron chi connectivity index (χ1n) is 7.17. The zero-order valence-corrected chi connectivity index (χ0v) is 11.4. The molecule has 2 rings (SSSR count). The van der Waals surface area contributed by atoms with E-state index < -0.39 is 0 Å². The Balaban J connectivity index is 1.65. The molecule has 1 saturated carbocycles. The van der Waals surface area contributed by atoms with Gasteiger partial charge in [-0.15, -0.1) is 0 Å². The number of ether oxygens (including phenoxy) is 1. The number of nitrogens with one attached hydrogen (secondary N) is 1. The van der Waals surface area contributed by atoms with Gasteiger partial charge in [-0.05, 0) is 37.3 Å². The Labute approximate surface area is 111 Å². The van der Waals surface area contributed by atoms with Crippen molar-refractivity contribution in [3.8, 4) is 0 Å². The third-order valence-corrected chi connectivity index (χ3v) is 4.01. The third-order valence-electron chi connectivity index (χ3n) is 4.01. The van der Waals surface area contributed by atoms with E-state index in [1.165, 1.54) is 37.7 Å². The third kappa shape index (κ3) is 4.11. The molecule has 0 spiro atoms. The van der Waals surface area contributed by atoms with E-state index in [2.05, 4.69) is 35.6 Å². The van der Waals surface area contributed by atoms with Crippen molar-refractivity contribution < 1.29 is 4.74 Å². The van der Waals surface area contributed by atoms with E-state index in [1.807, 2.05) is 7.11 Å². The van der Waals surface area contributed by atoms with Crippen LogP contribution in [0.5, 0.6) is 0 Å². The van der Waals surface area contributed by atoms with Crippen LogP contribution < -0.4 is 5.32 Å². The predicted molar refractivity (Wildman–Crippen MR) is 75.5 cm³/mol. The van der Waals surface area contributed by atoms with Gasteiger partial charge in [-0.3, -0.25) is 0 Å². The maximum atomic E-state index is 5.59. The summed E-state index contributed by atoms with van der Waals surface area (Å²) in [7, 11) is 1.86. The van der Waals surface area contributed by atoms with Gasteiger partial charge >= 0.3 is 0 Å². The van der Waals surface area contributed by atoms with Crippen LogP contribution in [-0.2, 0) is 11.3 Å². The average molecular weight is 247 g/mol. The molecule has 1 aromatic carbocycles. The quantitative estimate of drug-likeness (QED) is 0.778. The number of methoxy groups -OCH3 is 1. The lowest BCUT2D eigenvalue weighted by molar-refractivity contribution is 0.0205. The molecule has 0 saturated heterocycles. The fourth-order valence-electron chi connectivity index (χ4n) is 2.93. The predicted octanol–water partition coefficient (Wildman–Crippen LogP) is 3.37. The minimum atomic E-state index is 0.497. The molecule has 100 valence electrons. The molecule has 0 heterocycles. The zero-order valence-electron chi connectivity index (χ0n) is 11.4. The first kappa shape index (κ1) is 13.6. The van der Waals surface area contributed by atoms with Crippen molar-refractivity contribution >= 4 is 0 Å². The van der Waals surface area contributed by atoms with Gasteiger partial charge in [0, 0.05) is 13.7 Å². The molecular formula is C16H25NO. The monoisotopic (exact) mass is 247 g/mol. The van der Waals surface area contributed by atoms with E-state index >= 15 is 0 Å². The van der Waals surface area contributed by atoms with Gasteiger partial charge < -0.3 is 10.1 Å². The summed E-state index contributed by atoms with van der Waals surface area (Å²) in [5, 5.41) is 3.54. The highest BCUT2D eigenvalue weighted by Crippen LogP contribution is 2.28. The lowest BCUT2D eigenvalue weighted by atomic mass is 9.84. The van der Waals surface area contributed by atoms with Crippen molar-refractivity contribution in [3.63, 3.8) is 0 Å². The Kier molecular flexibility index (Phi) is 5.69. The molecule has 0 aliphatic heterocycles. The highest BCUT2D eigenvalue weighted by Gasteiger charge is 2.23. The number of benzene rings is 1. The van der Waals surface area contributed by atoms with Crippen LogP contribution >= 0.6 is 0 Å². The number of hydrogen-bond donors (Lipinski definition) is 1. The average Bonchev–Trinajstić information content (AvgIpc) is 2.45. The Morgan fingerprint density at radius 3 is 2.72 bits per heavy atom. The molecule has 18 heavy (non-hydrogen) atoms. The summed E-state index contributed by atoms with van der Waals surface area (Å²) < 4.78 is 5.59. The molecule has 2 unspecified atom stereocenters. The molecule has 0 aromatic heterocycles. The molecule has 1 aliphatic rings. The lowest BCUT2D eigenvalue weighted by Gasteiger charge is -2.30. The van der Waals surface area contributed by atoms with Crippen molar-refractivity contribution in [2.24, 2.45) is 5.92 Å². The van der Waals surface area contributed by atoms with Crippen LogP contribution in [0.3, 0.4) is 0 Å². The molecule has 1 fully saturated rings. The van der Waals surface area contributed by atoms with E-state index in [4.69, 9.17) is 4.74 Å². The van der Waals surface area contributed by atoms with Crippen LogP contribution in [0.25, 0.3) is 0 Å². The van der Waals surface area contributed by atoms with Crippen LogP contribution in [0.15, 0.2) is 30.3 Å². The standard InChI is InChI=1S/C16H25NO/c1-18-16-10-6-5-9-15(16)11-12-17-13-14-7-3-2-4-8-14/h2-4,7-8,15-17H,5-6,9-13H2,1H3. The summed E-state index contributed by atoms with van der Waals surface area (Å²) in [6.07, 6.45) is 7.05. The van der Waals surface area contributed by atoms with E-state index in [9.17, 15) is 0 Å². The molecular weight excluding hydrogens is 222 g/mol. The van der Waals surface area contributed by atoms with Gasteiger partial charge in [0.15, 0.2) is 0 Å². The second-order valence-corrected chi connectivity index (χ2v) is 5.27. The van der Waals surface area contributed by atoms with E-state index in [0.717, 1.165) is 19.0 Å². The van der Waals surface area contributed by atoms with Crippen molar-refractivity contribution in [3.05, 3.63) is 35.9 Å². The van der Waals surface area contributed by atoms with Gasteiger partial charge in [-0.25, -0.2) is 0 Å². The number of rotatable bonds is 6. The SMILES string of the molecule is COC1CCCCC1CCNCc1ccccc1. The zero-order chi connectivity index (χ0) is 12.6. The minimum Gasteiger partial charge on any atom is -0.381 e. The fourth-order valence-corrected chi connectivity index (χ4v) is 2.93. The van der Waals surface area contributed by atoms with Crippen LogP contribution in [0.4, 0.5) is 0 Å². The minimum absolute atomic E-state index is 0.497. The lowest BCUT2D eigenvalue weighted by Crippen LogP contribution is -2.29.